The summed E-state index contributed by atoms with van der Waals surface area (Å²) in [5, 5.41) is 2.77. The number of nitrogens with zero attached hydrogens (tertiary/aromatic N) is 3. The van der Waals surface area contributed by atoms with Gasteiger partial charge in [-0.25, -0.2) is 9.97 Å². The Labute approximate surface area is 118 Å². The number of nitrogens with two attached hydrogens (primary N) is 1. The van der Waals surface area contributed by atoms with E-state index in [4.69, 9.17) is 5.73 Å². The van der Waals surface area contributed by atoms with Crippen molar-refractivity contribution in [3.05, 3.63) is 37.1 Å². The van der Waals surface area contributed by atoms with Gasteiger partial charge in [0.1, 0.15) is 12.1 Å². The van der Waals surface area contributed by atoms with Gasteiger partial charge in [-0.05, 0) is 17.5 Å². The van der Waals surface area contributed by atoms with Crippen molar-refractivity contribution in [2.75, 3.05) is 5.32 Å². The van der Waals surface area contributed by atoms with Crippen LogP contribution in [0.2, 0.25) is 0 Å². The predicted molar refractivity (Wildman–Crippen MR) is 77.4 cm³/mol. The third kappa shape index (κ3) is 3.21. The molecule has 106 valence electrons. The van der Waals surface area contributed by atoms with Gasteiger partial charge in [-0.1, -0.05) is 20.8 Å². The van der Waals surface area contributed by atoms with E-state index in [-0.39, 0.29) is 11.3 Å². The maximum Gasteiger partial charge on any atom is 0.241 e. The Bertz CT molecular complexity index is 569. The molecule has 0 radical (unpaired) electrons. The lowest BCUT2D eigenvalue weighted by Gasteiger charge is -2.25. The zero-order chi connectivity index (χ0) is 14.8. The van der Waals surface area contributed by atoms with Crippen molar-refractivity contribution >= 4 is 11.6 Å². The first-order valence-corrected chi connectivity index (χ1v) is 6.39. The molecule has 0 aliphatic rings. The predicted octanol–water partition coefficient (Wildman–Crippen LogP) is 1.58. The van der Waals surface area contributed by atoms with Crippen molar-refractivity contribution in [3.8, 4) is 5.82 Å². The van der Waals surface area contributed by atoms with E-state index in [1.54, 1.807) is 41.6 Å². The van der Waals surface area contributed by atoms with Crippen molar-refractivity contribution < 1.29 is 4.79 Å². The van der Waals surface area contributed by atoms with Crippen molar-refractivity contribution in [1.29, 1.82) is 0 Å². The Kier molecular flexibility index (Phi) is 3.85. The second kappa shape index (κ2) is 5.42. The topological polar surface area (TPSA) is 85.8 Å². The summed E-state index contributed by atoms with van der Waals surface area (Å²) in [5.41, 5.74) is 6.24. The van der Waals surface area contributed by atoms with Crippen LogP contribution in [0, 0.1) is 5.41 Å². The summed E-state index contributed by atoms with van der Waals surface area (Å²) in [5.74, 6) is 0.523. The molecule has 0 aliphatic heterocycles. The minimum absolute atomic E-state index is 0.213. The van der Waals surface area contributed by atoms with Crippen LogP contribution in [0.5, 0.6) is 0 Å². The standard InChI is InChI=1S/C14H19N5O/c1-14(2,3)12(15)13(20)18-10-4-5-11(17-8-10)19-7-6-16-9-19/h4-9,12H,15H2,1-3H3,(H,18,20)/t12-/m1/s1. The third-order valence-corrected chi connectivity index (χ3v) is 3.00. The number of amides is 1. The lowest BCUT2D eigenvalue weighted by atomic mass is 9.87. The number of rotatable bonds is 3. The molecule has 0 saturated heterocycles. The Balaban J connectivity index is 2.06. The Hall–Kier alpha value is -2.21. The molecule has 0 bridgehead atoms. The van der Waals surface area contributed by atoms with Crippen molar-refractivity contribution in [1.82, 2.24) is 14.5 Å². The fraction of sp³-hybridized carbons (Fsp3) is 0.357. The van der Waals surface area contributed by atoms with Crippen LogP contribution in [0.25, 0.3) is 5.82 Å². The van der Waals surface area contributed by atoms with Gasteiger partial charge in [0, 0.05) is 12.4 Å². The number of imidazole rings is 1. The minimum atomic E-state index is -0.573. The van der Waals surface area contributed by atoms with Gasteiger partial charge in [0.15, 0.2) is 0 Å². The van der Waals surface area contributed by atoms with Crippen LogP contribution in [0.3, 0.4) is 0 Å². The SMILES string of the molecule is CC(C)(C)[C@H](N)C(=O)Nc1ccc(-n2ccnc2)nc1. The lowest BCUT2D eigenvalue weighted by molar-refractivity contribution is -0.119. The minimum Gasteiger partial charge on any atom is -0.323 e. The maximum atomic E-state index is 12.0. The summed E-state index contributed by atoms with van der Waals surface area (Å²) in [6, 6.07) is 3.02. The number of hydrogen-bond donors (Lipinski definition) is 2. The number of pyridine rings is 1. The van der Waals surface area contributed by atoms with Crippen molar-refractivity contribution in [3.63, 3.8) is 0 Å². The van der Waals surface area contributed by atoms with Crippen LogP contribution in [0.4, 0.5) is 5.69 Å². The molecule has 6 heteroatoms. The van der Waals surface area contributed by atoms with Crippen LogP contribution in [0.15, 0.2) is 37.1 Å². The highest BCUT2D eigenvalue weighted by molar-refractivity contribution is 5.95. The van der Waals surface area contributed by atoms with Crippen LogP contribution in [-0.4, -0.2) is 26.5 Å². The van der Waals surface area contributed by atoms with Crippen LogP contribution >= 0.6 is 0 Å². The summed E-state index contributed by atoms with van der Waals surface area (Å²) >= 11 is 0. The van der Waals surface area contributed by atoms with E-state index in [0.29, 0.717) is 5.69 Å². The summed E-state index contributed by atoms with van der Waals surface area (Å²) in [4.78, 5) is 20.2. The zero-order valence-electron chi connectivity index (χ0n) is 11.9. The monoisotopic (exact) mass is 273 g/mol. The second-order valence-corrected chi connectivity index (χ2v) is 5.71. The van der Waals surface area contributed by atoms with Crippen molar-refractivity contribution in [2.24, 2.45) is 11.1 Å². The lowest BCUT2D eigenvalue weighted by Crippen LogP contribution is -2.45. The van der Waals surface area contributed by atoms with E-state index < -0.39 is 6.04 Å². The Morgan fingerprint density at radius 2 is 2.15 bits per heavy atom. The molecule has 0 saturated carbocycles. The summed E-state index contributed by atoms with van der Waals surface area (Å²) < 4.78 is 1.78. The number of carbonyl (C=O) groups is 1. The van der Waals surface area contributed by atoms with Gasteiger partial charge in [-0.15, -0.1) is 0 Å². The third-order valence-electron chi connectivity index (χ3n) is 3.00. The number of nitrogens with one attached hydrogen (secondary N) is 1. The molecule has 3 N–H and O–H groups in total. The van der Waals surface area contributed by atoms with Gasteiger partial charge < -0.3 is 11.1 Å². The highest BCUT2D eigenvalue weighted by atomic mass is 16.2. The first kappa shape index (κ1) is 14.2. The molecule has 1 amide bonds. The van der Waals surface area contributed by atoms with E-state index in [9.17, 15) is 4.79 Å². The quantitative estimate of drug-likeness (QED) is 0.889. The molecule has 2 aromatic rings. The smallest absolute Gasteiger partial charge is 0.241 e. The molecular formula is C14H19N5O. The highest BCUT2D eigenvalue weighted by Crippen LogP contribution is 2.19. The molecule has 0 aliphatic carbocycles. The molecule has 2 rings (SSSR count). The average molecular weight is 273 g/mol. The number of aromatic nitrogens is 3. The normalized spacial score (nSPS) is 13.0. The largest absolute Gasteiger partial charge is 0.323 e. The average Bonchev–Trinajstić information content (AvgIpc) is 2.91. The molecule has 1 atom stereocenters. The van der Waals surface area contributed by atoms with Crippen LogP contribution in [-0.2, 0) is 4.79 Å². The van der Waals surface area contributed by atoms with Crippen molar-refractivity contribution in [2.45, 2.75) is 26.8 Å². The van der Waals surface area contributed by atoms with Gasteiger partial charge in [-0.3, -0.25) is 9.36 Å². The van der Waals surface area contributed by atoms with Crippen LogP contribution < -0.4 is 11.1 Å². The maximum absolute atomic E-state index is 12.0. The van der Waals surface area contributed by atoms with Gasteiger partial charge in [0.2, 0.25) is 5.91 Å². The first-order chi connectivity index (χ1) is 9.38. The first-order valence-electron chi connectivity index (χ1n) is 6.39. The fourth-order valence-electron chi connectivity index (χ4n) is 1.62. The highest BCUT2D eigenvalue weighted by Gasteiger charge is 2.27. The molecule has 2 aromatic heterocycles. The van der Waals surface area contributed by atoms with E-state index in [2.05, 4.69) is 15.3 Å². The molecule has 20 heavy (non-hydrogen) atoms. The molecular weight excluding hydrogens is 254 g/mol. The number of hydrogen-bond acceptors (Lipinski definition) is 4. The summed E-state index contributed by atoms with van der Waals surface area (Å²) in [7, 11) is 0. The van der Waals surface area contributed by atoms with E-state index in [1.807, 2.05) is 20.8 Å². The van der Waals surface area contributed by atoms with Gasteiger partial charge in [0.05, 0.1) is 17.9 Å². The van der Waals surface area contributed by atoms with Gasteiger partial charge >= 0.3 is 0 Å². The number of carbonyl (C=O) groups excluding carboxylic acids is 1. The molecule has 0 unspecified atom stereocenters. The Morgan fingerprint density at radius 1 is 1.40 bits per heavy atom. The zero-order valence-corrected chi connectivity index (χ0v) is 11.9. The van der Waals surface area contributed by atoms with Gasteiger partial charge in [0.25, 0.3) is 0 Å². The van der Waals surface area contributed by atoms with E-state index >= 15 is 0 Å². The summed E-state index contributed by atoms with van der Waals surface area (Å²) in [6.45, 7) is 5.78. The van der Waals surface area contributed by atoms with Crippen LogP contribution in [0.1, 0.15) is 20.8 Å². The fourth-order valence-corrected chi connectivity index (χ4v) is 1.62. The Morgan fingerprint density at radius 3 is 2.65 bits per heavy atom. The molecule has 0 fully saturated rings. The molecule has 0 aromatic carbocycles. The number of anilines is 1. The van der Waals surface area contributed by atoms with E-state index in [1.165, 1.54) is 0 Å². The van der Waals surface area contributed by atoms with E-state index in [0.717, 1.165) is 5.82 Å². The second-order valence-electron chi connectivity index (χ2n) is 5.71. The summed E-state index contributed by atoms with van der Waals surface area (Å²) in [6.07, 6.45) is 6.74. The molecule has 2 heterocycles. The molecule has 0 spiro atoms. The van der Waals surface area contributed by atoms with Gasteiger partial charge in [-0.2, -0.15) is 0 Å². The molecule has 6 nitrogen and oxygen atoms in total.